The summed E-state index contributed by atoms with van der Waals surface area (Å²) in [5, 5.41) is 0. The fraction of sp³-hybridized carbons (Fsp3) is 0.571. The van der Waals surface area contributed by atoms with Crippen LogP contribution in [0.2, 0.25) is 0 Å². The number of fused-ring (bicyclic) bond motifs is 4. The van der Waals surface area contributed by atoms with Gasteiger partial charge in [-0.3, -0.25) is 4.79 Å². The second-order valence-corrected chi connectivity index (χ2v) is 7.39. The van der Waals surface area contributed by atoms with Gasteiger partial charge in [0, 0.05) is 23.5 Å². The lowest BCUT2D eigenvalue weighted by molar-refractivity contribution is -0.127. The highest BCUT2D eigenvalue weighted by atomic mass is 16.5. The number of methoxy groups -OCH3 is 2. The van der Waals surface area contributed by atoms with Crippen LogP contribution in [-0.2, 0) is 11.2 Å². The molecule has 3 aliphatic carbocycles. The minimum Gasteiger partial charge on any atom is -0.497 e. The quantitative estimate of drug-likeness (QED) is 0.816. The number of aryl methyl sites for hydroxylation is 1. The zero-order valence-electron chi connectivity index (χ0n) is 14.9. The van der Waals surface area contributed by atoms with Crippen molar-refractivity contribution in [3.63, 3.8) is 0 Å². The molecule has 3 aliphatic rings. The van der Waals surface area contributed by atoms with Crippen LogP contribution in [0.25, 0.3) is 5.57 Å². The fourth-order valence-electron chi connectivity index (χ4n) is 5.50. The summed E-state index contributed by atoms with van der Waals surface area (Å²) in [6.45, 7) is 2.20. The van der Waals surface area contributed by atoms with Gasteiger partial charge in [0.05, 0.1) is 14.2 Å². The van der Waals surface area contributed by atoms with E-state index < -0.39 is 0 Å². The number of ether oxygens (including phenoxy) is 2. The summed E-state index contributed by atoms with van der Waals surface area (Å²) in [6.07, 6.45) is 6.90. The lowest BCUT2D eigenvalue weighted by atomic mass is 9.60. The number of carbonyl (C=O) groups excluding carboxylic acids is 1. The molecule has 1 aromatic carbocycles. The summed E-state index contributed by atoms with van der Waals surface area (Å²) in [4.78, 5) is 12.6. The number of benzene rings is 1. The van der Waals surface area contributed by atoms with Crippen molar-refractivity contribution in [2.75, 3.05) is 14.2 Å². The van der Waals surface area contributed by atoms with Crippen molar-refractivity contribution < 1.29 is 14.3 Å². The van der Waals surface area contributed by atoms with E-state index in [2.05, 4.69) is 13.0 Å². The molecule has 0 aliphatic heterocycles. The third-order valence-corrected chi connectivity index (χ3v) is 6.72. The van der Waals surface area contributed by atoms with Crippen LogP contribution in [0, 0.1) is 11.3 Å². The van der Waals surface area contributed by atoms with Crippen molar-refractivity contribution in [1.82, 2.24) is 0 Å². The molecule has 0 aromatic heterocycles. The van der Waals surface area contributed by atoms with E-state index in [0.29, 0.717) is 11.7 Å². The lowest BCUT2D eigenvalue weighted by Gasteiger charge is -2.42. The van der Waals surface area contributed by atoms with Gasteiger partial charge in [0.25, 0.3) is 0 Å². The van der Waals surface area contributed by atoms with E-state index in [-0.39, 0.29) is 5.41 Å². The van der Waals surface area contributed by atoms with E-state index in [4.69, 9.17) is 9.47 Å². The molecule has 1 fully saturated rings. The van der Waals surface area contributed by atoms with Crippen molar-refractivity contribution in [3.05, 3.63) is 28.8 Å². The van der Waals surface area contributed by atoms with Crippen LogP contribution in [0.3, 0.4) is 0 Å². The van der Waals surface area contributed by atoms with Crippen LogP contribution in [-0.4, -0.2) is 20.0 Å². The number of carbonyl (C=O) groups is 1. The molecule has 1 saturated carbocycles. The molecule has 0 N–H and O–H groups in total. The van der Waals surface area contributed by atoms with E-state index in [9.17, 15) is 4.79 Å². The van der Waals surface area contributed by atoms with Crippen molar-refractivity contribution in [2.24, 2.45) is 11.3 Å². The topological polar surface area (TPSA) is 35.5 Å². The predicted octanol–water partition coefficient (Wildman–Crippen LogP) is 4.57. The van der Waals surface area contributed by atoms with Gasteiger partial charge in [0.15, 0.2) is 0 Å². The Hall–Kier alpha value is -1.77. The number of hydrogen-bond donors (Lipinski definition) is 0. The predicted molar refractivity (Wildman–Crippen MR) is 94.5 cm³/mol. The van der Waals surface area contributed by atoms with E-state index in [0.717, 1.165) is 56.4 Å². The highest BCUT2D eigenvalue weighted by Crippen LogP contribution is 2.59. The summed E-state index contributed by atoms with van der Waals surface area (Å²) in [5.41, 5.74) is 5.54. The summed E-state index contributed by atoms with van der Waals surface area (Å²) >= 11 is 0. The normalized spacial score (nSPS) is 28.3. The maximum absolute atomic E-state index is 12.6. The molecule has 0 saturated heterocycles. The standard InChI is InChI=1S/C21H26O3/c1-4-21-10-9-16-15(17(21)7-8-19(21)22)6-5-13-11-14(23-2)12-18(24-3)20(13)16/h11-12,17H,4-10H2,1-3H3/t17-,21-/m0/s1. The summed E-state index contributed by atoms with van der Waals surface area (Å²) in [6, 6.07) is 4.15. The van der Waals surface area contributed by atoms with Gasteiger partial charge < -0.3 is 9.47 Å². The molecule has 0 amide bonds. The van der Waals surface area contributed by atoms with E-state index >= 15 is 0 Å². The molecular formula is C21H26O3. The molecule has 1 aromatic rings. The van der Waals surface area contributed by atoms with Gasteiger partial charge in [0.1, 0.15) is 17.3 Å². The summed E-state index contributed by atoms with van der Waals surface area (Å²) in [7, 11) is 3.44. The van der Waals surface area contributed by atoms with Crippen LogP contribution in [0.1, 0.15) is 56.6 Å². The van der Waals surface area contributed by atoms with E-state index in [1.54, 1.807) is 19.8 Å². The monoisotopic (exact) mass is 326 g/mol. The number of rotatable bonds is 3. The third-order valence-electron chi connectivity index (χ3n) is 6.72. The third kappa shape index (κ3) is 2.00. The highest BCUT2D eigenvalue weighted by Gasteiger charge is 2.52. The Kier molecular flexibility index (Phi) is 3.70. The Morgan fingerprint density at radius 3 is 2.67 bits per heavy atom. The molecule has 2 atom stereocenters. The minimum atomic E-state index is -0.0734. The molecule has 0 radical (unpaired) electrons. The number of hydrogen-bond acceptors (Lipinski definition) is 3. The number of ketones is 1. The first-order chi connectivity index (χ1) is 11.6. The smallest absolute Gasteiger partial charge is 0.139 e. The second-order valence-electron chi connectivity index (χ2n) is 7.39. The highest BCUT2D eigenvalue weighted by molar-refractivity contribution is 5.91. The summed E-state index contributed by atoms with van der Waals surface area (Å²) in [5.74, 6) is 2.75. The Labute approximate surface area is 144 Å². The lowest BCUT2D eigenvalue weighted by Crippen LogP contribution is -2.37. The Morgan fingerprint density at radius 1 is 1.12 bits per heavy atom. The van der Waals surface area contributed by atoms with Crippen LogP contribution in [0.4, 0.5) is 0 Å². The molecule has 3 nitrogen and oxygen atoms in total. The van der Waals surface area contributed by atoms with Gasteiger partial charge in [-0.15, -0.1) is 0 Å². The zero-order valence-corrected chi connectivity index (χ0v) is 14.9. The Balaban J connectivity index is 1.86. The summed E-state index contributed by atoms with van der Waals surface area (Å²) < 4.78 is 11.1. The van der Waals surface area contributed by atoms with E-state index in [1.807, 2.05) is 6.07 Å². The Bertz CT molecular complexity index is 731. The van der Waals surface area contributed by atoms with Gasteiger partial charge in [-0.2, -0.15) is 0 Å². The molecule has 0 bridgehead atoms. The molecule has 4 rings (SSSR count). The van der Waals surface area contributed by atoms with Crippen LogP contribution < -0.4 is 9.47 Å². The zero-order chi connectivity index (χ0) is 16.9. The second kappa shape index (κ2) is 5.65. The molecule has 0 unspecified atom stereocenters. The maximum Gasteiger partial charge on any atom is 0.139 e. The van der Waals surface area contributed by atoms with Crippen molar-refractivity contribution in [1.29, 1.82) is 0 Å². The van der Waals surface area contributed by atoms with Gasteiger partial charge in [0.2, 0.25) is 0 Å². The molecule has 0 heterocycles. The SMILES string of the molecule is CC[C@]12CCC3=C(CCc4cc(OC)cc(OC)c43)[C@@H]1CCC2=O. The molecular weight excluding hydrogens is 300 g/mol. The maximum atomic E-state index is 12.6. The van der Waals surface area contributed by atoms with Crippen LogP contribution >= 0.6 is 0 Å². The Morgan fingerprint density at radius 2 is 1.96 bits per heavy atom. The van der Waals surface area contributed by atoms with Gasteiger partial charge in [-0.1, -0.05) is 12.5 Å². The average molecular weight is 326 g/mol. The number of Topliss-reactive ketones (excluding diaryl/α,β-unsaturated/α-hetero) is 1. The average Bonchev–Trinajstić information content (AvgIpc) is 2.97. The number of allylic oxidation sites excluding steroid dienone is 2. The first-order valence-corrected chi connectivity index (χ1v) is 9.15. The van der Waals surface area contributed by atoms with Gasteiger partial charge in [-0.05, 0) is 61.6 Å². The fourth-order valence-corrected chi connectivity index (χ4v) is 5.50. The first-order valence-electron chi connectivity index (χ1n) is 9.15. The van der Waals surface area contributed by atoms with Crippen molar-refractivity contribution in [2.45, 2.75) is 51.9 Å². The van der Waals surface area contributed by atoms with Gasteiger partial charge >= 0.3 is 0 Å². The molecule has 24 heavy (non-hydrogen) atoms. The van der Waals surface area contributed by atoms with Crippen LogP contribution in [0.5, 0.6) is 11.5 Å². The molecule has 0 spiro atoms. The molecule has 128 valence electrons. The van der Waals surface area contributed by atoms with Crippen LogP contribution in [0.15, 0.2) is 17.7 Å². The van der Waals surface area contributed by atoms with Crippen molar-refractivity contribution in [3.8, 4) is 11.5 Å². The van der Waals surface area contributed by atoms with E-state index in [1.165, 1.54) is 16.7 Å². The van der Waals surface area contributed by atoms with Crippen molar-refractivity contribution >= 4 is 11.4 Å². The molecule has 3 heteroatoms. The minimum absolute atomic E-state index is 0.0734. The first kappa shape index (κ1) is 15.7. The van der Waals surface area contributed by atoms with Gasteiger partial charge in [-0.25, -0.2) is 0 Å². The largest absolute Gasteiger partial charge is 0.497 e.